The number of aryl methyl sites for hydroxylation is 1. The highest BCUT2D eigenvalue weighted by Crippen LogP contribution is 2.30. The van der Waals surface area contributed by atoms with Crippen LogP contribution in [0.1, 0.15) is 39.9 Å². The Morgan fingerprint density at radius 1 is 1.00 bits per heavy atom. The minimum atomic E-state index is -4.08. The largest absolute Gasteiger partial charge is 0.484 e. The fourth-order valence-corrected chi connectivity index (χ4v) is 6.48. The van der Waals surface area contributed by atoms with E-state index in [9.17, 15) is 18.0 Å². The van der Waals surface area contributed by atoms with Crippen molar-refractivity contribution in [3.8, 4) is 5.75 Å². The predicted octanol–water partition coefficient (Wildman–Crippen LogP) is 5.48. The molecule has 4 aromatic rings. The van der Waals surface area contributed by atoms with Crippen LogP contribution in [-0.2, 0) is 26.1 Å². The number of nitrogens with one attached hydrogen (secondary N) is 2. The molecule has 0 saturated carbocycles. The summed E-state index contributed by atoms with van der Waals surface area (Å²) in [7, 11) is -4.08. The van der Waals surface area contributed by atoms with Gasteiger partial charge < -0.3 is 14.8 Å². The summed E-state index contributed by atoms with van der Waals surface area (Å²) in [5.74, 6) is -0.318. The Bertz CT molecular complexity index is 1810. The molecule has 0 aliphatic carbocycles. The van der Waals surface area contributed by atoms with Gasteiger partial charge >= 0.3 is 0 Å². The van der Waals surface area contributed by atoms with E-state index in [2.05, 4.69) is 15.8 Å². The predicted molar refractivity (Wildman–Crippen MR) is 181 cm³/mol. The minimum absolute atomic E-state index is 0.0358. The maximum Gasteiger partial charge on any atom is 0.273 e. The normalized spacial score (nSPS) is 14.6. The number of amides is 2. The molecule has 47 heavy (non-hydrogen) atoms. The highest BCUT2D eigenvalue weighted by Gasteiger charge is 2.28. The van der Waals surface area contributed by atoms with Gasteiger partial charge in [0, 0.05) is 18.2 Å². The summed E-state index contributed by atoms with van der Waals surface area (Å²) in [4.78, 5) is 25.5. The van der Waals surface area contributed by atoms with Gasteiger partial charge in [0.05, 0.1) is 35.0 Å². The number of sulfonamides is 1. The number of carbonyl (C=O) groups excluding carboxylic acids is 2. The van der Waals surface area contributed by atoms with E-state index in [1.807, 2.05) is 6.92 Å². The van der Waals surface area contributed by atoms with Gasteiger partial charge in [-0.25, -0.2) is 13.8 Å². The molecule has 10 nitrogen and oxygen atoms in total. The first kappa shape index (κ1) is 33.6. The van der Waals surface area contributed by atoms with Crippen LogP contribution in [0.3, 0.4) is 0 Å². The summed E-state index contributed by atoms with van der Waals surface area (Å²) in [6.45, 7) is 2.92. The fourth-order valence-electron chi connectivity index (χ4n) is 4.88. The average Bonchev–Trinajstić information content (AvgIpc) is 3.61. The topological polar surface area (TPSA) is 126 Å². The number of benzene rings is 4. The summed E-state index contributed by atoms with van der Waals surface area (Å²) in [6.07, 6.45) is 3.46. The maximum atomic E-state index is 14.0. The lowest BCUT2D eigenvalue weighted by Gasteiger charge is -2.26. The Balaban J connectivity index is 1.26. The molecule has 1 aliphatic rings. The SMILES string of the molecule is Cc1ccc(S(=O)(=O)N(Cc2ccc(Cl)cc2)c2ccccc2C(=O)N/N=C\c2ccc(OCC(=O)NC[C@@H]3CCCO3)cc2)cc1. The van der Waals surface area contributed by atoms with Crippen LogP contribution in [-0.4, -0.2) is 52.3 Å². The minimum Gasteiger partial charge on any atom is -0.484 e. The monoisotopic (exact) mass is 674 g/mol. The second kappa shape index (κ2) is 15.7. The van der Waals surface area contributed by atoms with Crippen molar-refractivity contribution in [2.75, 3.05) is 24.1 Å². The lowest BCUT2D eigenvalue weighted by atomic mass is 10.1. The number of hydrogen-bond acceptors (Lipinski definition) is 7. The Hall–Kier alpha value is -4.71. The van der Waals surface area contributed by atoms with Crippen LogP contribution in [0.25, 0.3) is 0 Å². The zero-order valence-electron chi connectivity index (χ0n) is 25.8. The Morgan fingerprint density at radius 2 is 1.72 bits per heavy atom. The third kappa shape index (κ3) is 9.19. The third-order valence-corrected chi connectivity index (χ3v) is 9.47. The Kier molecular flexibility index (Phi) is 11.3. The summed E-state index contributed by atoms with van der Waals surface area (Å²) in [5, 5.41) is 7.42. The first-order valence-corrected chi connectivity index (χ1v) is 16.9. The van der Waals surface area contributed by atoms with Crippen LogP contribution in [0.2, 0.25) is 5.02 Å². The number of rotatable bonds is 13. The second-order valence-electron chi connectivity index (χ2n) is 11.0. The highest BCUT2D eigenvalue weighted by molar-refractivity contribution is 7.92. The molecule has 2 amide bonds. The molecule has 12 heteroatoms. The van der Waals surface area contributed by atoms with E-state index in [1.165, 1.54) is 10.5 Å². The van der Waals surface area contributed by atoms with Gasteiger partial charge in [-0.05, 0) is 91.6 Å². The van der Waals surface area contributed by atoms with Crippen molar-refractivity contribution in [1.82, 2.24) is 10.7 Å². The van der Waals surface area contributed by atoms with Crippen LogP contribution in [0.5, 0.6) is 5.75 Å². The van der Waals surface area contributed by atoms with Gasteiger partial charge in [-0.15, -0.1) is 0 Å². The fraction of sp³-hybridized carbons (Fsp3) is 0.229. The van der Waals surface area contributed by atoms with Crippen molar-refractivity contribution in [2.24, 2.45) is 5.10 Å². The number of carbonyl (C=O) groups is 2. The number of ether oxygens (including phenoxy) is 2. The van der Waals surface area contributed by atoms with Crippen molar-refractivity contribution in [1.29, 1.82) is 0 Å². The van der Waals surface area contributed by atoms with Crippen LogP contribution >= 0.6 is 11.6 Å². The standard InChI is InChI=1S/C35H35ClN4O6S/c1-25-8-18-31(19-9-25)47(43,44)40(23-27-10-14-28(36)15-11-27)33-7-3-2-6-32(33)35(42)39-38-21-26-12-16-29(17-13-26)46-24-34(41)37-22-30-5-4-20-45-30/h2-3,6-19,21,30H,4-5,20,22-24H2,1H3,(H,37,41)(H,39,42)/b38-21-/t30-/m0/s1. The molecule has 0 unspecified atom stereocenters. The molecule has 1 heterocycles. The number of hydrogen-bond donors (Lipinski definition) is 2. The van der Waals surface area contributed by atoms with E-state index in [1.54, 1.807) is 97.1 Å². The van der Waals surface area contributed by atoms with Crippen molar-refractivity contribution in [2.45, 2.75) is 37.3 Å². The van der Waals surface area contributed by atoms with E-state index < -0.39 is 15.9 Å². The molecule has 1 saturated heterocycles. The highest BCUT2D eigenvalue weighted by atomic mass is 35.5. The van der Waals surface area contributed by atoms with E-state index in [0.29, 0.717) is 28.4 Å². The summed E-state index contributed by atoms with van der Waals surface area (Å²) < 4.78 is 40.2. The lowest BCUT2D eigenvalue weighted by Crippen LogP contribution is -2.35. The number of nitrogens with zero attached hydrogens (tertiary/aromatic N) is 2. The number of hydrazone groups is 1. The lowest BCUT2D eigenvalue weighted by molar-refractivity contribution is -0.123. The molecule has 1 aliphatic heterocycles. The summed E-state index contributed by atoms with van der Waals surface area (Å²) in [5.41, 5.74) is 5.08. The van der Waals surface area contributed by atoms with Crippen LogP contribution < -0.4 is 19.8 Å². The van der Waals surface area contributed by atoms with Crippen LogP contribution in [0.15, 0.2) is 107 Å². The average molecular weight is 675 g/mol. The van der Waals surface area contributed by atoms with Crippen molar-refractivity contribution < 1.29 is 27.5 Å². The molecule has 0 radical (unpaired) electrons. The van der Waals surface area contributed by atoms with Gasteiger partial charge in [0.1, 0.15) is 5.75 Å². The zero-order chi connectivity index (χ0) is 33.2. The molecule has 244 valence electrons. The molecule has 5 rings (SSSR count). The first-order chi connectivity index (χ1) is 22.7. The molecule has 0 bridgehead atoms. The number of para-hydroxylation sites is 1. The smallest absolute Gasteiger partial charge is 0.273 e. The molecule has 0 spiro atoms. The van der Waals surface area contributed by atoms with Gasteiger partial charge in [0.25, 0.3) is 21.8 Å². The van der Waals surface area contributed by atoms with E-state index in [0.717, 1.165) is 25.0 Å². The van der Waals surface area contributed by atoms with E-state index in [4.69, 9.17) is 21.1 Å². The third-order valence-electron chi connectivity index (χ3n) is 7.45. The molecular formula is C35H35ClN4O6S. The van der Waals surface area contributed by atoms with Crippen LogP contribution in [0, 0.1) is 6.92 Å². The molecule has 1 atom stereocenters. The second-order valence-corrected chi connectivity index (χ2v) is 13.3. The van der Waals surface area contributed by atoms with Crippen molar-refractivity contribution in [3.05, 3.63) is 124 Å². The molecule has 1 fully saturated rings. The van der Waals surface area contributed by atoms with E-state index in [-0.39, 0.29) is 41.3 Å². The Morgan fingerprint density at radius 3 is 2.43 bits per heavy atom. The van der Waals surface area contributed by atoms with Crippen molar-refractivity contribution >= 4 is 45.3 Å². The van der Waals surface area contributed by atoms with E-state index >= 15 is 0 Å². The van der Waals surface area contributed by atoms with Gasteiger partial charge in [0.15, 0.2) is 6.61 Å². The molecule has 2 N–H and O–H groups in total. The number of anilines is 1. The van der Waals surface area contributed by atoms with Gasteiger partial charge in [0.2, 0.25) is 0 Å². The quantitative estimate of drug-likeness (QED) is 0.143. The first-order valence-electron chi connectivity index (χ1n) is 15.1. The summed E-state index contributed by atoms with van der Waals surface area (Å²) >= 11 is 6.07. The molecule has 0 aromatic heterocycles. The van der Waals surface area contributed by atoms with Gasteiger partial charge in [-0.2, -0.15) is 5.10 Å². The van der Waals surface area contributed by atoms with Gasteiger partial charge in [-0.3, -0.25) is 13.9 Å². The van der Waals surface area contributed by atoms with Gasteiger partial charge in [-0.1, -0.05) is 53.6 Å². The summed E-state index contributed by atoms with van der Waals surface area (Å²) in [6, 6.07) is 26.7. The molecular weight excluding hydrogens is 640 g/mol. The van der Waals surface area contributed by atoms with Crippen molar-refractivity contribution in [3.63, 3.8) is 0 Å². The molecule has 4 aromatic carbocycles. The van der Waals surface area contributed by atoms with Crippen LogP contribution in [0.4, 0.5) is 5.69 Å². The number of halogens is 1. The maximum absolute atomic E-state index is 14.0. The zero-order valence-corrected chi connectivity index (χ0v) is 27.3. The Labute approximate surface area is 279 Å².